The molecule has 8 heteroatoms. The molecule has 1 amide bonds. The minimum atomic E-state index is -2.60. The van der Waals surface area contributed by atoms with Crippen LogP contribution in [0.3, 0.4) is 0 Å². The van der Waals surface area contributed by atoms with E-state index in [9.17, 15) is 34.2 Å². The fraction of sp³-hybridized carbons (Fsp3) is 0.450. The summed E-state index contributed by atoms with van der Waals surface area (Å²) in [6.07, 6.45) is 0.0902. The Hall–Kier alpha value is -2.87. The third-order valence-corrected chi connectivity index (χ3v) is 6.52. The number of carbonyl (C=O) groups excluding carboxylic acids is 5. The van der Waals surface area contributed by atoms with Crippen LogP contribution in [-0.2, 0) is 25.6 Å². The number of aliphatic hydroxyl groups is 1. The fourth-order valence-electron chi connectivity index (χ4n) is 5.12. The van der Waals surface area contributed by atoms with E-state index in [4.69, 9.17) is 5.73 Å². The fourth-order valence-corrected chi connectivity index (χ4v) is 5.12. The van der Waals surface area contributed by atoms with Gasteiger partial charge in [-0.2, -0.15) is 0 Å². The van der Waals surface area contributed by atoms with Gasteiger partial charge in [-0.25, -0.2) is 0 Å². The summed E-state index contributed by atoms with van der Waals surface area (Å²) in [6, 6.07) is 3.04. The van der Waals surface area contributed by atoms with E-state index in [0.717, 1.165) is 5.56 Å². The molecular weight excluding hydrogens is 366 g/mol. The average molecular weight is 385 g/mol. The first-order valence-electron chi connectivity index (χ1n) is 9.07. The molecular formula is C20H19NO7. The van der Waals surface area contributed by atoms with Crippen LogP contribution in [0.1, 0.15) is 34.3 Å². The third-order valence-electron chi connectivity index (χ3n) is 6.52. The molecule has 0 aliphatic heterocycles. The van der Waals surface area contributed by atoms with Crippen molar-refractivity contribution < 1.29 is 34.2 Å². The normalized spacial score (nSPS) is 34.5. The van der Waals surface area contributed by atoms with Gasteiger partial charge < -0.3 is 15.9 Å². The second-order valence-corrected chi connectivity index (χ2v) is 7.99. The Kier molecular flexibility index (Phi) is 3.84. The summed E-state index contributed by atoms with van der Waals surface area (Å²) < 4.78 is 0. The Morgan fingerprint density at radius 3 is 2.46 bits per heavy atom. The van der Waals surface area contributed by atoms with Gasteiger partial charge in [-0.15, -0.1) is 0 Å². The van der Waals surface area contributed by atoms with Crippen LogP contribution >= 0.6 is 0 Å². The molecule has 2 saturated carbocycles. The van der Waals surface area contributed by atoms with Crippen molar-refractivity contribution in [1.29, 1.82) is 0 Å². The van der Waals surface area contributed by atoms with Crippen LogP contribution in [0.25, 0.3) is 0 Å². The van der Waals surface area contributed by atoms with Crippen LogP contribution < -0.4 is 5.73 Å². The molecule has 8 nitrogen and oxygen atoms in total. The number of fused-ring (bicyclic) bond motifs is 3. The minimum Gasteiger partial charge on any atom is -0.507 e. The standard InChI is InChI=1S/C20H19NO7/c1-7-2-3-11(22)14-10(7)5-8-4-9-6-12(23)15(19(21)27)18(26)20(9,28)17(25)13(8)16(14)24/h2-3,8-9,13,15,22,28H,4-6H2,1H3,(H2,21,27). The predicted molar refractivity (Wildman–Crippen MR) is 93.2 cm³/mol. The SMILES string of the molecule is Cc1ccc(O)c2c1CC1CC3CC(=O)C(C(N)=O)C(=O)C3(O)C(=O)C1C2=O. The Bertz CT molecular complexity index is 981. The number of amides is 1. The van der Waals surface area contributed by atoms with Crippen molar-refractivity contribution in [3.05, 3.63) is 28.8 Å². The molecule has 0 radical (unpaired) electrons. The Morgan fingerprint density at radius 2 is 1.82 bits per heavy atom. The first-order valence-corrected chi connectivity index (χ1v) is 9.07. The molecule has 5 atom stereocenters. The van der Waals surface area contributed by atoms with Crippen LogP contribution in [0, 0.1) is 30.6 Å². The smallest absolute Gasteiger partial charge is 0.235 e. The number of aromatic hydroxyl groups is 1. The second kappa shape index (κ2) is 5.81. The first kappa shape index (κ1) is 18.5. The van der Waals surface area contributed by atoms with Gasteiger partial charge in [-0.1, -0.05) is 6.07 Å². The van der Waals surface area contributed by atoms with Gasteiger partial charge in [0.15, 0.2) is 34.7 Å². The number of primary amides is 1. The molecule has 3 aliphatic rings. The van der Waals surface area contributed by atoms with Gasteiger partial charge in [-0.3, -0.25) is 24.0 Å². The number of carbonyl (C=O) groups is 5. The third kappa shape index (κ3) is 2.18. The van der Waals surface area contributed by atoms with Gasteiger partial charge >= 0.3 is 0 Å². The summed E-state index contributed by atoms with van der Waals surface area (Å²) in [4.78, 5) is 62.8. The quantitative estimate of drug-likeness (QED) is 0.558. The summed E-state index contributed by atoms with van der Waals surface area (Å²) in [5.41, 5.74) is 3.99. The lowest BCUT2D eigenvalue weighted by atomic mass is 9.53. The van der Waals surface area contributed by atoms with Crippen molar-refractivity contribution in [2.45, 2.75) is 31.8 Å². The molecule has 1 aromatic carbocycles. The molecule has 5 unspecified atom stereocenters. The van der Waals surface area contributed by atoms with Gasteiger partial charge in [0, 0.05) is 12.3 Å². The highest BCUT2D eigenvalue weighted by atomic mass is 16.3. The number of benzene rings is 1. The Balaban J connectivity index is 1.82. The Morgan fingerprint density at radius 1 is 1.14 bits per heavy atom. The average Bonchev–Trinajstić information content (AvgIpc) is 2.61. The number of hydrogen-bond donors (Lipinski definition) is 3. The molecule has 0 spiro atoms. The second-order valence-electron chi connectivity index (χ2n) is 7.99. The number of phenolic OH excluding ortho intramolecular Hbond substituents is 1. The molecule has 0 aromatic heterocycles. The number of rotatable bonds is 1. The summed E-state index contributed by atoms with van der Waals surface area (Å²) in [5.74, 6) is -9.77. The van der Waals surface area contributed by atoms with Gasteiger partial charge in [0.05, 0.1) is 11.5 Å². The lowest BCUT2D eigenvalue weighted by Crippen LogP contribution is -2.68. The highest BCUT2D eigenvalue weighted by Crippen LogP contribution is 2.50. The van der Waals surface area contributed by atoms with E-state index in [-0.39, 0.29) is 24.2 Å². The summed E-state index contributed by atoms with van der Waals surface area (Å²) >= 11 is 0. The van der Waals surface area contributed by atoms with E-state index < -0.39 is 58.3 Å². The van der Waals surface area contributed by atoms with Crippen molar-refractivity contribution in [2.75, 3.05) is 0 Å². The molecule has 3 aliphatic carbocycles. The topological polar surface area (TPSA) is 152 Å². The van der Waals surface area contributed by atoms with Crippen molar-refractivity contribution >= 4 is 29.0 Å². The number of ketones is 4. The maximum Gasteiger partial charge on any atom is 0.235 e. The molecule has 146 valence electrons. The molecule has 1 aromatic rings. The van der Waals surface area contributed by atoms with Crippen molar-refractivity contribution in [3.8, 4) is 5.75 Å². The van der Waals surface area contributed by atoms with E-state index in [2.05, 4.69) is 0 Å². The number of aryl methyl sites for hydroxylation is 1. The zero-order valence-electron chi connectivity index (χ0n) is 15.1. The molecule has 4 rings (SSSR count). The zero-order chi connectivity index (χ0) is 20.5. The van der Waals surface area contributed by atoms with E-state index in [1.54, 1.807) is 13.0 Å². The molecule has 28 heavy (non-hydrogen) atoms. The van der Waals surface area contributed by atoms with Crippen LogP contribution in [0.5, 0.6) is 5.75 Å². The molecule has 2 fully saturated rings. The van der Waals surface area contributed by atoms with Crippen molar-refractivity contribution in [3.63, 3.8) is 0 Å². The van der Waals surface area contributed by atoms with Crippen molar-refractivity contribution in [1.82, 2.24) is 0 Å². The molecule has 0 heterocycles. The van der Waals surface area contributed by atoms with Gasteiger partial charge in [-0.05, 0) is 42.9 Å². The summed E-state index contributed by atoms with van der Waals surface area (Å²) in [5, 5.41) is 21.2. The van der Waals surface area contributed by atoms with Crippen LogP contribution in [0.4, 0.5) is 0 Å². The summed E-state index contributed by atoms with van der Waals surface area (Å²) in [7, 11) is 0. The lowest BCUT2D eigenvalue weighted by Gasteiger charge is -2.48. The predicted octanol–water partition coefficient (Wildman–Crippen LogP) is -0.365. The number of Topliss-reactive ketones (excluding diaryl/α,β-unsaturated/α-hetero) is 4. The van der Waals surface area contributed by atoms with E-state index in [0.29, 0.717) is 12.0 Å². The van der Waals surface area contributed by atoms with Crippen molar-refractivity contribution in [2.24, 2.45) is 29.4 Å². The summed E-state index contributed by atoms with van der Waals surface area (Å²) in [6.45, 7) is 1.79. The molecule has 4 N–H and O–H groups in total. The Labute approximate surface area is 159 Å². The van der Waals surface area contributed by atoms with E-state index in [1.807, 2.05) is 0 Å². The van der Waals surface area contributed by atoms with Gasteiger partial charge in [0.2, 0.25) is 5.91 Å². The van der Waals surface area contributed by atoms with Gasteiger partial charge in [0.25, 0.3) is 0 Å². The van der Waals surface area contributed by atoms with Crippen LogP contribution in [0.2, 0.25) is 0 Å². The minimum absolute atomic E-state index is 0.0300. The van der Waals surface area contributed by atoms with Crippen LogP contribution in [0.15, 0.2) is 12.1 Å². The molecule has 0 saturated heterocycles. The molecule has 0 bridgehead atoms. The van der Waals surface area contributed by atoms with E-state index in [1.165, 1.54) is 6.07 Å². The van der Waals surface area contributed by atoms with Crippen LogP contribution in [-0.4, -0.2) is 44.9 Å². The lowest BCUT2D eigenvalue weighted by molar-refractivity contribution is -0.175. The highest BCUT2D eigenvalue weighted by molar-refractivity contribution is 6.31. The number of hydrogen-bond acceptors (Lipinski definition) is 7. The number of nitrogens with two attached hydrogens (primary N) is 1. The largest absolute Gasteiger partial charge is 0.507 e. The first-order chi connectivity index (χ1) is 13.1. The van der Waals surface area contributed by atoms with Gasteiger partial charge in [0.1, 0.15) is 5.75 Å². The zero-order valence-corrected chi connectivity index (χ0v) is 15.1. The monoisotopic (exact) mass is 385 g/mol. The highest BCUT2D eigenvalue weighted by Gasteiger charge is 2.66. The maximum absolute atomic E-state index is 13.2. The number of phenols is 1. The maximum atomic E-state index is 13.2. The van der Waals surface area contributed by atoms with E-state index >= 15 is 0 Å².